The average Bonchev–Trinajstić information content (AvgIpc) is 1.82. The Labute approximate surface area is 110 Å². The predicted octanol–water partition coefficient (Wildman–Crippen LogP) is -2.64. The van der Waals surface area contributed by atoms with Crippen LogP contribution in [-0.4, -0.2) is 56.1 Å². The van der Waals surface area contributed by atoms with Crippen molar-refractivity contribution >= 4 is 55.7 Å². The van der Waals surface area contributed by atoms with Crippen molar-refractivity contribution in [1.29, 1.82) is 0 Å². The molecule has 0 saturated heterocycles. The van der Waals surface area contributed by atoms with Crippen LogP contribution >= 0.6 is 7.82 Å². The van der Waals surface area contributed by atoms with Crippen molar-refractivity contribution in [3.8, 4) is 0 Å². The molecule has 0 saturated carbocycles. The van der Waals surface area contributed by atoms with Gasteiger partial charge in [-0.25, -0.2) is 0 Å². The van der Waals surface area contributed by atoms with Gasteiger partial charge < -0.3 is 14.4 Å². The second-order valence-electron chi connectivity index (χ2n) is 1.83. The summed E-state index contributed by atoms with van der Waals surface area (Å²) >= 11 is 0. The first-order valence-electron chi connectivity index (χ1n) is 2.72. The number of rotatable bonds is 5. The molecule has 0 aromatic heterocycles. The summed E-state index contributed by atoms with van der Waals surface area (Å²) in [4.78, 5) is 19.7. The summed E-state index contributed by atoms with van der Waals surface area (Å²) in [6, 6.07) is 0. The largest absolute Gasteiger partial charge is 2.00 e. The van der Waals surface area contributed by atoms with Gasteiger partial charge in [0.15, 0.2) is 5.37 Å². The summed E-state index contributed by atoms with van der Waals surface area (Å²) < 4.78 is 42.2. The third-order valence-corrected chi connectivity index (χ3v) is 2.08. The van der Waals surface area contributed by atoms with E-state index in [9.17, 15) is 22.8 Å². The van der Waals surface area contributed by atoms with Gasteiger partial charge in [0.25, 0.3) is 10.1 Å². The summed E-state index contributed by atoms with van der Waals surface area (Å²) in [5.41, 5.74) is 1.31. The van der Waals surface area contributed by atoms with Crippen molar-refractivity contribution in [3.63, 3.8) is 0 Å². The molecule has 0 aliphatic heterocycles. The van der Waals surface area contributed by atoms with Crippen molar-refractivity contribution in [2.24, 2.45) is 0 Å². The Morgan fingerprint density at radius 1 is 1.57 bits per heavy atom. The first kappa shape index (κ1) is 17.4. The van der Waals surface area contributed by atoms with E-state index in [0.717, 1.165) is 0 Å². The van der Waals surface area contributed by atoms with E-state index in [1.54, 1.807) is 0 Å². The summed E-state index contributed by atoms with van der Waals surface area (Å²) in [7, 11) is -9.93. The van der Waals surface area contributed by atoms with Crippen LogP contribution in [0.1, 0.15) is 0 Å². The summed E-state index contributed by atoms with van der Waals surface area (Å²) in [6.45, 7) is 2.95. The van der Waals surface area contributed by atoms with Gasteiger partial charge in [-0.3, -0.25) is 9.18 Å². The molecule has 14 heavy (non-hydrogen) atoms. The monoisotopic (exact) mass is 271 g/mol. The molecule has 0 aliphatic carbocycles. The predicted molar refractivity (Wildman–Crippen MR) is 43.1 cm³/mol. The van der Waals surface area contributed by atoms with Gasteiger partial charge in [0.1, 0.15) is 0 Å². The zero-order chi connectivity index (χ0) is 10.7. The second kappa shape index (κ2) is 6.54. The van der Waals surface area contributed by atoms with Crippen LogP contribution in [-0.2, 0) is 19.3 Å². The van der Waals surface area contributed by atoms with E-state index in [0.29, 0.717) is 6.08 Å². The second-order valence-corrected chi connectivity index (χ2v) is 4.44. The Hall–Kier alpha value is 0.980. The van der Waals surface area contributed by atoms with Gasteiger partial charge in [-0.2, -0.15) is 13.9 Å². The van der Waals surface area contributed by atoms with Crippen LogP contribution in [0, 0.1) is 0 Å². The van der Waals surface area contributed by atoms with Crippen LogP contribution in [0.5, 0.6) is 0 Å². The minimum absolute atomic E-state index is 0. The van der Waals surface area contributed by atoms with E-state index in [-0.39, 0.29) is 37.7 Å². The van der Waals surface area contributed by atoms with E-state index in [1.165, 1.54) is 5.48 Å². The topological polar surface area (TPSA) is 139 Å². The molecular formula is C3H6CaNO7PS. The molecule has 0 radical (unpaired) electrons. The van der Waals surface area contributed by atoms with Gasteiger partial charge in [-0.15, -0.1) is 6.58 Å². The van der Waals surface area contributed by atoms with Gasteiger partial charge >= 0.3 is 37.7 Å². The van der Waals surface area contributed by atoms with Crippen molar-refractivity contribution in [2.45, 2.75) is 5.37 Å². The van der Waals surface area contributed by atoms with Gasteiger partial charge in [-0.1, -0.05) is 6.08 Å². The van der Waals surface area contributed by atoms with Gasteiger partial charge in [-0.05, 0) is 0 Å². The number of phosphoric acid groups is 1. The van der Waals surface area contributed by atoms with Crippen LogP contribution in [0.4, 0.5) is 0 Å². The van der Waals surface area contributed by atoms with E-state index >= 15 is 0 Å². The molecule has 0 aromatic carbocycles. The quantitative estimate of drug-likeness (QED) is 0.182. The Morgan fingerprint density at radius 2 is 2.00 bits per heavy atom. The standard InChI is InChI=1S/C3H8NO7PS.Ca/c1-2-3(13(8,9)10)4-11-12(5,6)7;/h2-4H,1H2,(H2,5,6,7)(H,8,9,10);/q;+2/p-2. The Morgan fingerprint density at radius 3 is 2.21 bits per heavy atom. The van der Waals surface area contributed by atoms with Crippen LogP contribution in [0.3, 0.4) is 0 Å². The first-order valence-corrected chi connectivity index (χ1v) is 5.68. The molecule has 8 nitrogen and oxygen atoms in total. The SMILES string of the molecule is C=CC(NOP(=O)([O-])[O-])S(=O)(=O)O.[Ca+2]. The van der Waals surface area contributed by atoms with Crippen molar-refractivity contribution < 1.29 is 31.9 Å². The van der Waals surface area contributed by atoms with Crippen LogP contribution < -0.4 is 15.3 Å². The summed E-state index contributed by atoms with van der Waals surface area (Å²) in [5, 5.41) is -1.87. The Balaban J connectivity index is 0. The molecule has 11 heteroatoms. The molecule has 0 rings (SSSR count). The number of hydrogen-bond donors (Lipinski definition) is 2. The Bertz CT molecular complexity index is 322. The van der Waals surface area contributed by atoms with Crippen LogP contribution in [0.25, 0.3) is 0 Å². The zero-order valence-electron chi connectivity index (χ0n) is 6.82. The maximum absolute atomic E-state index is 10.3. The molecule has 0 fully saturated rings. The first-order chi connectivity index (χ1) is 5.67. The van der Waals surface area contributed by atoms with Gasteiger partial charge in [0.2, 0.25) is 0 Å². The third-order valence-electron chi connectivity index (χ3n) is 0.816. The molecular weight excluding hydrogens is 265 g/mol. The molecule has 1 atom stereocenters. The Kier molecular flexibility index (Phi) is 8.12. The normalized spacial score (nSPS) is 14.2. The molecule has 0 spiro atoms. The molecule has 0 aromatic rings. The maximum atomic E-state index is 10.3. The third kappa shape index (κ3) is 8.30. The van der Waals surface area contributed by atoms with E-state index in [4.69, 9.17) is 4.55 Å². The van der Waals surface area contributed by atoms with Crippen LogP contribution in [0.15, 0.2) is 12.7 Å². The molecule has 1 unspecified atom stereocenters. The fourth-order valence-corrected chi connectivity index (χ4v) is 1.07. The molecule has 0 amide bonds. The fraction of sp³-hybridized carbons (Fsp3) is 0.333. The zero-order valence-corrected chi connectivity index (χ0v) is 10.7. The van der Waals surface area contributed by atoms with E-state index < -0.39 is 23.3 Å². The van der Waals surface area contributed by atoms with Gasteiger partial charge in [0.05, 0.1) is 7.82 Å². The number of hydrogen-bond acceptors (Lipinski definition) is 7. The smallest absolute Gasteiger partial charge is 0.788 e. The van der Waals surface area contributed by atoms with Gasteiger partial charge in [0, 0.05) is 0 Å². The molecule has 78 valence electrons. The fourth-order valence-electron chi connectivity index (χ4n) is 0.347. The average molecular weight is 271 g/mol. The van der Waals surface area contributed by atoms with Crippen molar-refractivity contribution in [2.75, 3.05) is 0 Å². The molecule has 0 heterocycles. The van der Waals surface area contributed by atoms with Crippen LogP contribution in [0.2, 0.25) is 0 Å². The maximum Gasteiger partial charge on any atom is 2.00 e. The molecule has 0 aliphatic rings. The minimum Gasteiger partial charge on any atom is -0.788 e. The molecule has 2 N–H and O–H groups in total. The summed E-state index contributed by atoms with van der Waals surface area (Å²) in [6.07, 6.45) is 0.644. The van der Waals surface area contributed by atoms with Crippen molar-refractivity contribution in [3.05, 3.63) is 12.7 Å². The summed E-state index contributed by atoms with van der Waals surface area (Å²) in [5.74, 6) is 0. The van der Waals surface area contributed by atoms with E-state index in [2.05, 4.69) is 11.2 Å². The number of nitrogens with one attached hydrogen (secondary N) is 1. The van der Waals surface area contributed by atoms with Crippen molar-refractivity contribution in [1.82, 2.24) is 5.48 Å². The number of hydroxylamine groups is 1. The molecule has 0 bridgehead atoms. The minimum atomic E-state index is -5.34. The van der Waals surface area contributed by atoms with E-state index in [1.807, 2.05) is 0 Å².